The molecule has 0 N–H and O–H groups in total. The third-order valence-corrected chi connectivity index (χ3v) is 5.46. The topological polar surface area (TPSA) is 40.6 Å². The zero-order chi connectivity index (χ0) is 14.0. The fraction of sp³-hybridized carbons (Fsp3) is 0.538. The highest BCUT2D eigenvalue weighted by Crippen LogP contribution is 2.20. The summed E-state index contributed by atoms with van der Waals surface area (Å²) in [6.45, 7) is 6.71. The maximum Gasteiger partial charge on any atom is 0.243 e. The molecule has 1 fully saturated rings. The smallest absolute Gasteiger partial charge is 0.243 e. The molecule has 1 heterocycles. The van der Waals surface area contributed by atoms with Gasteiger partial charge in [0.25, 0.3) is 0 Å². The van der Waals surface area contributed by atoms with E-state index in [4.69, 9.17) is 0 Å². The van der Waals surface area contributed by atoms with Crippen LogP contribution >= 0.6 is 0 Å². The molecule has 6 heteroatoms. The lowest BCUT2D eigenvalue weighted by Gasteiger charge is -2.38. The number of hydrogen-bond acceptors (Lipinski definition) is 3. The first kappa shape index (κ1) is 14.4. The number of benzene rings is 1. The zero-order valence-corrected chi connectivity index (χ0v) is 12.0. The molecule has 1 saturated heterocycles. The lowest BCUT2D eigenvalue weighted by atomic mass is 10.2. The Morgan fingerprint density at radius 3 is 2.42 bits per heavy atom. The van der Waals surface area contributed by atoms with E-state index in [0.29, 0.717) is 13.1 Å². The molecular weight excluding hydrogens is 267 g/mol. The molecule has 0 bridgehead atoms. The highest BCUT2D eigenvalue weighted by Gasteiger charge is 2.31. The van der Waals surface area contributed by atoms with Crippen molar-refractivity contribution in [3.63, 3.8) is 0 Å². The van der Waals surface area contributed by atoms with Crippen molar-refractivity contribution in [1.82, 2.24) is 9.21 Å². The monoisotopic (exact) mass is 286 g/mol. The highest BCUT2D eigenvalue weighted by atomic mass is 32.2. The molecule has 0 saturated carbocycles. The van der Waals surface area contributed by atoms with Gasteiger partial charge in [-0.05, 0) is 37.7 Å². The van der Waals surface area contributed by atoms with E-state index in [2.05, 4.69) is 11.8 Å². The summed E-state index contributed by atoms with van der Waals surface area (Å²) in [4.78, 5) is 2.41. The van der Waals surface area contributed by atoms with Gasteiger partial charge in [-0.1, -0.05) is 6.92 Å². The standard InChI is InChI=1S/C13H19FN2O2S/c1-3-15-8-9-16(10-11(15)2)19(17,18)13-6-4-12(14)5-7-13/h4-7,11H,3,8-10H2,1-2H3. The molecule has 0 radical (unpaired) electrons. The molecule has 0 spiro atoms. The molecule has 0 amide bonds. The van der Waals surface area contributed by atoms with Gasteiger partial charge in [-0.2, -0.15) is 4.31 Å². The second kappa shape index (κ2) is 5.56. The average Bonchev–Trinajstić information content (AvgIpc) is 2.39. The molecule has 1 aliphatic rings. The van der Waals surface area contributed by atoms with E-state index in [1.807, 2.05) is 6.92 Å². The van der Waals surface area contributed by atoms with Gasteiger partial charge in [-0.15, -0.1) is 0 Å². The van der Waals surface area contributed by atoms with Gasteiger partial charge in [0.2, 0.25) is 10.0 Å². The molecular formula is C13H19FN2O2S. The van der Waals surface area contributed by atoms with Crippen LogP contribution in [0.2, 0.25) is 0 Å². The maximum atomic E-state index is 12.9. The van der Waals surface area contributed by atoms with Crippen molar-refractivity contribution < 1.29 is 12.8 Å². The second-order valence-electron chi connectivity index (χ2n) is 4.79. The van der Waals surface area contributed by atoms with Gasteiger partial charge in [0.1, 0.15) is 5.82 Å². The van der Waals surface area contributed by atoms with Crippen LogP contribution in [0.1, 0.15) is 13.8 Å². The molecule has 4 nitrogen and oxygen atoms in total. The van der Waals surface area contributed by atoms with Crippen LogP contribution in [0, 0.1) is 5.82 Å². The van der Waals surface area contributed by atoms with Crippen molar-refractivity contribution in [2.24, 2.45) is 0 Å². The number of nitrogens with zero attached hydrogens (tertiary/aromatic N) is 2. The van der Waals surface area contributed by atoms with Crippen molar-refractivity contribution in [2.75, 3.05) is 26.2 Å². The van der Waals surface area contributed by atoms with Gasteiger partial charge >= 0.3 is 0 Å². The van der Waals surface area contributed by atoms with E-state index >= 15 is 0 Å². The Bertz CT molecular complexity index is 530. The van der Waals surface area contributed by atoms with Crippen LogP contribution in [0.25, 0.3) is 0 Å². The lowest BCUT2D eigenvalue weighted by Crippen LogP contribution is -2.53. The maximum absolute atomic E-state index is 12.9. The summed E-state index contributed by atoms with van der Waals surface area (Å²) >= 11 is 0. The first-order valence-corrected chi connectivity index (χ1v) is 7.89. The van der Waals surface area contributed by atoms with Gasteiger partial charge in [0, 0.05) is 25.7 Å². The van der Waals surface area contributed by atoms with E-state index in [1.54, 1.807) is 0 Å². The average molecular weight is 286 g/mol. The number of halogens is 1. The van der Waals surface area contributed by atoms with Gasteiger partial charge in [-0.25, -0.2) is 12.8 Å². The van der Waals surface area contributed by atoms with E-state index in [9.17, 15) is 12.8 Å². The number of piperazine rings is 1. The first-order chi connectivity index (χ1) is 8.95. The van der Waals surface area contributed by atoms with Crippen LogP contribution < -0.4 is 0 Å². The van der Waals surface area contributed by atoms with Crippen molar-refractivity contribution in [3.05, 3.63) is 30.1 Å². The van der Waals surface area contributed by atoms with Crippen LogP contribution in [0.4, 0.5) is 4.39 Å². The summed E-state index contributed by atoms with van der Waals surface area (Å²) in [5, 5.41) is 0. The Hall–Kier alpha value is -0.980. The van der Waals surface area contributed by atoms with E-state index < -0.39 is 15.8 Å². The van der Waals surface area contributed by atoms with Crippen LogP contribution in [-0.2, 0) is 10.0 Å². The van der Waals surface area contributed by atoms with Crippen LogP contribution in [0.3, 0.4) is 0 Å². The predicted octanol–water partition coefficient (Wildman–Crippen LogP) is 1.54. The second-order valence-corrected chi connectivity index (χ2v) is 6.73. The number of hydrogen-bond donors (Lipinski definition) is 0. The largest absolute Gasteiger partial charge is 0.298 e. The Balaban J connectivity index is 2.19. The quantitative estimate of drug-likeness (QED) is 0.846. The van der Waals surface area contributed by atoms with Crippen LogP contribution in [-0.4, -0.2) is 49.8 Å². The van der Waals surface area contributed by atoms with Crippen molar-refractivity contribution in [3.8, 4) is 0 Å². The molecule has 2 rings (SSSR count). The summed E-state index contributed by atoms with van der Waals surface area (Å²) in [7, 11) is -3.50. The molecule has 1 aromatic rings. The number of sulfonamides is 1. The minimum Gasteiger partial charge on any atom is -0.298 e. The third kappa shape index (κ3) is 2.96. The van der Waals surface area contributed by atoms with E-state index in [0.717, 1.165) is 13.1 Å². The minimum atomic E-state index is -3.50. The normalized spacial score (nSPS) is 22.6. The summed E-state index contributed by atoms with van der Waals surface area (Å²) in [6.07, 6.45) is 0. The van der Waals surface area contributed by atoms with Crippen molar-refractivity contribution >= 4 is 10.0 Å². The molecule has 1 aromatic carbocycles. The molecule has 1 unspecified atom stereocenters. The number of likely N-dealkylation sites (N-methyl/N-ethyl adjacent to an activating group) is 1. The summed E-state index contributed by atoms with van der Waals surface area (Å²) in [6, 6.07) is 5.20. The molecule has 0 aromatic heterocycles. The fourth-order valence-corrected chi connectivity index (χ4v) is 3.92. The predicted molar refractivity (Wildman–Crippen MR) is 71.9 cm³/mol. The van der Waals surface area contributed by atoms with Gasteiger partial charge in [0.15, 0.2) is 0 Å². The Morgan fingerprint density at radius 1 is 1.26 bits per heavy atom. The SMILES string of the molecule is CCN1CCN(S(=O)(=O)c2ccc(F)cc2)CC1C. The molecule has 19 heavy (non-hydrogen) atoms. The molecule has 106 valence electrons. The van der Waals surface area contributed by atoms with Crippen molar-refractivity contribution in [1.29, 1.82) is 0 Å². The van der Waals surface area contributed by atoms with Gasteiger partial charge in [0.05, 0.1) is 4.90 Å². The zero-order valence-electron chi connectivity index (χ0n) is 11.2. The highest BCUT2D eigenvalue weighted by molar-refractivity contribution is 7.89. The Morgan fingerprint density at radius 2 is 1.89 bits per heavy atom. The third-order valence-electron chi connectivity index (χ3n) is 3.59. The fourth-order valence-electron chi connectivity index (χ4n) is 2.41. The van der Waals surface area contributed by atoms with Gasteiger partial charge in [-0.3, -0.25) is 4.90 Å². The van der Waals surface area contributed by atoms with Gasteiger partial charge < -0.3 is 0 Å². The van der Waals surface area contributed by atoms with Crippen LogP contribution in [0.15, 0.2) is 29.2 Å². The Kier molecular flexibility index (Phi) is 4.23. The van der Waals surface area contributed by atoms with E-state index in [1.165, 1.54) is 28.6 Å². The lowest BCUT2D eigenvalue weighted by molar-refractivity contribution is 0.135. The van der Waals surface area contributed by atoms with E-state index in [-0.39, 0.29) is 10.9 Å². The molecule has 1 atom stereocenters. The number of rotatable bonds is 3. The summed E-state index contributed by atoms with van der Waals surface area (Å²) in [5.74, 6) is -0.428. The molecule has 1 aliphatic heterocycles. The Labute approximate surface area is 113 Å². The minimum absolute atomic E-state index is 0.158. The molecule has 0 aliphatic carbocycles. The summed E-state index contributed by atoms with van der Waals surface area (Å²) in [5.41, 5.74) is 0. The summed E-state index contributed by atoms with van der Waals surface area (Å²) < 4.78 is 39.2. The van der Waals surface area contributed by atoms with Crippen molar-refractivity contribution in [2.45, 2.75) is 24.8 Å². The van der Waals surface area contributed by atoms with Crippen LogP contribution in [0.5, 0.6) is 0 Å². The first-order valence-electron chi connectivity index (χ1n) is 6.45.